The molecule has 3 N–H and O–H groups in total. The predicted octanol–water partition coefficient (Wildman–Crippen LogP) is 6.33. The maximum atomic E-state index is 14.4. The van der Waals surface area contributed by atoms with Crippen molar-refractivity contribution in [2.45, 2.75) is 35.9 Å². The largest absolute Gasteiger partial charge is 0.494 e. The minimum Gasteiger partial charge on any atom is -0.494 e. The van der Waals surface area contributed by atoms with Crippen molar-refractivity contribution in [3.63, 3.8) is 0 Å². The van der Waals surface area contributed by atoms with Gasteiger partial charge in [0, 0.05) is 37.1 Å². The third kappa shape index (κ3) is 8.37. The Morgan fingerprint density at radius 3 is 2.19 bits per heavy atom. The maximum absolute atomic E-state index is 14.4. The average molecular weight is 726 g/mol. The summed E-state index contributed by atoms with van der Waals surface area (Å²) < 4.78 is 67.7. The van der Waals surface area contributed by atoms with E-state index in [-0.39, 0.29) is 35.9 Å². The van der Waals surface area contributed by atoms with Crippen molar-refractivity contribution in [1.82, 2.24) is 10.9 Å². The second-order valence-electron chi connectivity index (χ2n) is 12.2. The van der Waals surface area contributed by atoms with Crippen LogP contribution in [-0.2, 0) is 25.9 Å². The molecule has 1 amide bonds. The number of hydrazine groups is 1. The zero-order valence-corrected chi connectivity index (χ0v) is 28.9. The average Bonchev–Trinajstić information content (AvgIpc) is 3.57. The third-order valence-electron chi connectivity index (χ3n) is 8.69. The van der Waals surface area contributed by atoms with Crippen molar-refractivity contribution < 1.29 is 36.6 Å². The van der Waals surface area contributed by atoms with Crippen LogP contribution >= 0.6 is 0 Å². The molecule has 0 spiro atoms. The van der Waals surface area contributed by atoms with Gasteiger partial charge in [-0.25, -0.2) is 27.6 Å². The first kappa shape index (κ1) is 36.4. The molecule has 1 aliphatic heterocycles. The minimum atomic E-state index is -3.89. The van der Waals surface area contributed by atoms with E-state index >= 15 is 0 Å². The molecule has 52 heavy (non-hydrogen) atoms. The van der Waals surface area contributed by atoms with Crippen molar-refractivity contribution in [1.29, 1.82) is 0 Å². The Kier molecular flexibility index (Phi) is 11.4. The van der Waals surface area contributed by atoms with Crippen LogP contribution in [0.4, 0.5) is 8.78 Å². The van der Waals surface area contributed by atoms with Gasteiger partial charge in [-0.3, -0.25) is 10.2 Å². The zero-order valence-electron chi connectivity index (χ0n) is 28.0. The molecule has 0 bridgehead atoms. The van der Waals surface area contributed by atoms with Crippen molar-refractivity contribution >= 4 is 21.6 Å². The van der Waals surface area contributed by atoms with E-state index in [0.29, 0.717) is 29.9 Å². The van der Waals surface area contributed by atoms with Crippen LogP contribution in [0, 0.1) is 11.6 Å². The first-order chi connectivity index (χ1) is 25.2. The highest BCUT2D eigenvalue weighted by molar-refractivity contribution is 7.91. The summed E-state index contributed by atoms with van der Waals surface area (Å²) in [6.07, 6.45) is -0.916. The molecule has 0 radical (unpaired) electrons. The van der Waals surface area contributed by atoms with Gasteiger partial charge in [0.15, 0.2) is 21.5 Å². The van der Waals surface area contributed by atoms with E-state index in [0.717, 1.165) is 29.3 Å². The molecule has 6 rings (SSSR count). The number of carbonyl (C=O) groups excluding carboxylic acids is 1. The molecule has 0 fully saturated rings. The highest BCUT2D eigenvalue weighted by Crippen LogP contribution is 2.43. The van der Waals surface area contributed by atoms with Crippen LogP contribution in [0.3, 0.4) is 0 Å². The molecule has 1 heterocycles. The van der Waals surface area contributed by atoms with E-state index in [4.69, 9.17) is 19.6 Å². The number of sulfone groups is 1. The van der Waals surface area contributed by atoms with Crippen molar-refractivity contribution in [2.24, 2.45) is 4.99 Å². The van der Waals surface area contributed by atoms with Crippen molar-refractivity contribution in [2.75, 3.05) is 19.0 Å². The second-order valence-corrected chi connectivity index (χ2v) is 14.3. The van der Waals surface area contributed by atoms with Crippen LogP contribution in [0.1, 0.15) is 35.6 Å². The minimum absolute atomic E-state index is 0.00732. The van der Waals surface area contributed by atoms with Gasteiger partial charge in [-0.15, -0.1) is 0 Å². The van der Waals surface area contributed by atoms with Gasteiger partial charge >= 0.3 is 0 Å². The van der Waals surface area contributed by atoms with Crippen LogP contribution in [0.25, 0.3) is 11.1 Å². The van der Waals surface area contributed by atoms with E-state index in [1.165, 1.54) is 12.1 Å². The Morgan fingerprint density at radius 2 is 1.50 bits per heavy atom. The second kappa shape index (κ2) is 16.3. The summed E-state index contributed by atoms with van der Waals surface area (Å²) in [5.41, 5.74) is 6.36. The number of hydrogen-bond acceptors (Lipinski definition) is 8. The molecule has 0 saturated heterocycles. The SMILES string of the molecule is O=C(NNCc1cc(F)ccc1F)[C@@]1(CCS(=O)(=O)c2ccccc2)N=C(c2ccc(OCCCO)cc2)O[C@H]1c1ccc(-c2ccccc2)cc1. The van der Waals surface area contributed by atoms with E-state index in [1.807, 2.05) is 54.6 Å². The number of aliphatic hydroxyl groups excluding tert-OH is 1. The molecule has 0 aromatic heterocycles. The predicted molar refractivity (Wildman–Crippen MR) is 193 cm³/mol. The van der Waals surface area contributed by atoms with Gasteiger partial charge in [-0.05, 0) is 71.3 Å². The Bertz CT molecular complexity index is 2120. The Labute approximate surface area is 300 Å². The molecular formula is C40H37F2N3O6S. The summed E-state index contributed by atoms with van der Waals surface area (Å²) in [4.78, 5) is 19.4. The molecule has 5 aromatic carbocycles. The Hall–Kier alpha value is -5.43. The van der Waals surface area contributed by atoms with Gasteiger partial charge in [-0.1, -0.05) is 72.8 Å². The summed E-state index contributed by atoms with van der Waals surface area (Å²) in [5, 5.41) is 9.09. The quantitative estimate of drug-likeness (QED) is 0.0851. The molecule has 0 aliphatic carbocycles. The number of amides is 1. The monoisotopic (exact) mass is 725 g/mol. The normalized spacial score (nSPS) is 16.9. The lowest BCUT2D eigenvalue weighted by molar-refractivity contribution is -0.130. The van der Waals surface area contributed by atoms with Gasteiger partial charge in [0.05, 0.1) is 17.3 Å². The summed E-state index contributed by atoms with van der Waals surface area (Å²) >= 11 is 0. The number of rotatable bonds is 15. The summed E-state index contributed by atoms with van der Waals surface area (Å²) in [6.45, 7) is 0.0476. The number of nitrogens with one attached hydrogen (secondary N) is 2. The molecular weight excluding hydrogens is 689 g/mol. The van der Waals surface area contributed by atoms with Gasteiger partial charge in [-0.2, -0.15) is 0 Å². The molecule has 268 valence electrons. The Balaban J connectivity index is 1.38. The van der Waals surface area contributed by atoms with Crippen LogP contribution in [0.15, 0.2) is 137 Å². The first-order valence-electron chi connectivity index (χ1n) is 16.7. The fourth-order valence-electron chi connectivity index (χ4n) is 5.89. The number of aliphatic hydroxyl groups is 1. The van der Waals surface area contributed by atoms with Crippen LogP contribution in [-0.4, -0.2) is 49.8 Å². The Morgan fingerprint density at radius 1 is 0.846 bits per heavy atom. The number of aliphatic imine (C=N–C) groups is 1. The van der Waals surface area contributed by atoms with E-state index in [9.17, 15) is 22.0 Å². The number of nitrogens with zero attached hydrogens (tertiary/aromatic N) is 1. The first-order valence-corrected chi connectivity index (χ1v) is 18.3. The van der Waals surface area contributed by atoms with Crippen LogP contribution in [0.5, 0.6) is 5.75 Å². The topological polar surface area (TPSA) is 126 Å². The lowest BCUT2D eigenvalue weighted by atomic mass is 9.84. The number of halogens is 2. The summed E-state index contributed by atoms with van der Waals surface area (Å²) in [5.74, 6) is -1.85. The molecule has 5 aromatic rings. The van der Waals surface area contributed by atoms with E-state index in [1.54, 1.807) is 42.5 Å². The molecule has 2 atom stereocenters. The smallest absolute Gasteiger partial charge is 0.266 e. The van der Waals surface area contributed by atoms with Crippen LogP contribution in [0.2, 0.25) is 0 Å². The van der Waals surface area contributed by atoms with Gasteiger partial charge in [0.1, 0.15) is 17.4 Å². The number of carbonyl (C=O) groups is 1. The van der Waals surface area contributed by atoms with Gasteiger partial charge in [0.25, 0.3) is 5.91 Å². The maximum Gasteiger partial charge on any atom is 0.266 e. The van der Waals surface area contributed by atoms with Crippen molar-refractivity contribution in [3.8, 4) is 16.9 Å². The summed E-state index contributed by atoms with van der Waals surface area (Å²) in [6, 6.07) is 34.9. The summed E-state index contributed by atoms with van der Waals surface area (Å²) in [7, 11) is -3.89. The molecule has 0 saturated carbocycles. The highest BCUT2D eigenvalue weighted by Gasteiger charge is 2.53. The molecule has 12 heteroatoms. The van der Waals surface area contributed by atoms with Gasteiger partial charge < -0.3 is 14.6 Å². The third-order valence-corrected chi connectivity index (χ3v) is 10.4. The number of hydrogen-bond donors (Lipinski definition) is 3. The fourth-order valence-corrected chi connectivity index (χ4v) is 7.28. The van der Waals surface area contributed by atoms with E-state index in [2.05, 4.69) is 10.9 Å². The van der Waals surface area contributed by atoms with Crippen LogP contribution < -0.4 is 15.6 Å². The lowest BCUT2D eigenvalue weighted by Gasteiger charge is -2.30. The molecule has 9 nitrogen and oxygen atoms in total. The number of benzene rings is 5. The van der Waals surface area contributed by atoms with Crippen molar-refractivity contribution in [3.05, 3.63) is 156 Å². The highest BCUT2D eigenvalue weighted by atomic mass is 32.2. The standard InChI is InChI=1S/C40H37F2N3O6S/c41-33-18-21-36(42)32(26-33)27-43-45-39(47)40(22-25-52(48,49)35-10-5-2-6-11-35)37(30-14-12-29(13-15-30)28-8-3-1-4-9-28)51-38(44-40)31-16-19-34(20-17-31)50-24-7-23-46/h1-6,8-21,26,37,43,46H,7,22-25,27H2,(H,45,47)/t37-,40-/m0/s1. The lowest BCUT2D eigenvalue weighted by Crippen LogP contribution is -2.53. The van der Waals surface area contributed by atoms with Gasteiger partial charge in [0.2, 0.25) is 5.90 Å². The fraction of sp³-hybridized carbons (Fsp3) is 0.200. The number of ether oxygens (including phenoxy) is 2. The molecule has 0 unspecified atom stereocenters. The molecule has 1 aliphatic rings. The van der Waals surface area contributed by atoms with E-state index < -0.39 is 44.8 Å². The zero-order chi connectivity index (χ0) is 36.6.